The minimum atomic E-state index is -0.524. The topological polar surface area (TPSA) is 94.0 Å². The molecule has 0 radical (unpaired) electrons. The molecule has 1 saturated heterocycles. The number of nitrogens with one attached hydrogen (secondary N) is 2. The van der Waals surface area contributed by atoms with Gasteiger partial charge in [-0.3, -0.25) is 14.5 Å². The number of piperidine rings is 1. The first kappa shape index (κ1) is 26.7. The molecular weight excluding hydrogens is 539 g/mol. The zero-order valence-corrected chi connectivity index (χ0v) is 21.7. The maximum Gasteiger partial charge on any atom is 0.273 e. The van der Waals surface area contributed by atoms with Crippen LogP contribution in [0.25, 0.3) is 0 Å². The van der Waals surface area contributed by atoms with E-state index in [2.05, 4.69) is 36.7 Å². The molecule has 0 aromatic heterocycles. The summed E-state index contributed by atoms with van der Waals surface area (Å²) in [5.41, 5.74) is 5.06. The van der Waals surface area contributed by atoms with Crippen LogP contribution >= 0.6 is 15.9 Å². The van der Waals surface area contributed by atoms with E-state index in [9.17, 15) is 19.1 Å². The molecule has 2 amide bonds. The Kier molecular flexibility index (Phi) is 9.16. The van der Waals surface area contributed by atoms with Crippen LogP contribution in [0.2, 0.25) is 0 Å². The van der Waals surface area contributed by atoms with Gasteiger partial charge in [-0.2, -0.15) is 5.10 Å². The van der Waals surface area contributed by atoms with Crippen molar-refractivity contribution >= 4 is 39.6 Å². The van der Waals surface area contributed by atoms with Crippen LogP contribution in [0.15, 0.2) is 76.3 Å². The van der Waals surface area contributed by atoms with Crippen molar-refractivity contribution in [3.63, 3.8) is 0 Å². The molecule has 3 aromatic rings. The lowest BCUT2D eigenvalue weighted by Crippen LogP contribution is -2.34. The van der Waals surface area contributed by atoms with Gasteiger partial charge >= 0.3 is 0 Å². The second-order valence-electron chi connectivity index (χ2n) is 9.00. The molecule has 4 rings (SSSR count). The number of carbonyl (C=O) groups excluding carboxylic acids is 2. The fourth-order valence-electron chi connectivity index (χ4n) is 4.17. The minimum absolute atomic E-state index is 0.224. The second kappa shape index (κ2) is 12.7. The van der Waals surface area contributed by atoms with E-state index in [4.69, 9.17) is 0 Å². The third-order valence-corrected chi connectivity index (χ3v) is 6.78. The number of carbonyl (C=O) groups is 2. The predicted octanol–water partition coefficient (Wildman–Crippen LogP) is 4.81. The SMILES string of the molecule is O=C(Nc1ccc(Br)cc1C(=O)N/N=C/c1cccc(F)c1)c1ccc(CN2CCC(CO)CC2)cc1. The van der Waals surface area contributed by atoms with Crippen molar-refractivity contribution in [1.29, 1.82) is 0 Å². The van der Waals surface area contributed by atoms with Crippen molar-refractivity contribution in [3.8, 4) is 0 Å². The van der Waals surface area contributed by atoms with Crippen molar-refractivity contribution in [1.82, 2.24) is 10.3 Å². The van der Waals surface area contributed by atoms with Crippen molar-refractivity contribution < 1.29 is 19.1 Å². The number of hydrazone groups is 1. The monoisotopic (exact) mass is 566 g/mol. The van der Waals surface area contributed by atoms with Gasteiger partial charge in [-0.25, -0.2) is 9.82 Å². The second-order valence-corrected chi connectivity index (χ2v) is 9.91. The summed E-state index contributed by atoms with van der Waals surface area (Å²) < 4.78 is 14.0. The number of hydrogen-bond acceptors (Lipinski definition) is 5. The number of benzene rings is 3. The highest BCUT2D eigenvalue weighted by Gasteiger charge is 2.19. The van der Waals surface area contributed by atoms with E-state index in [1.807, 2.05) is 12.1 Å². The van der Waals surface area contributed by atoms with Crippen LogP contribution in [0.3, 0.4) is 0 Å². The number of rotatable bonds is 8. The summed E-state index contributed by atoms with van der Waals surface area (Å²) in [4.78, 5) is 28.1. The summed E-state index contributed by atoms with van der Waals surface area (Å²) in [6.45, 7) is 2.96. The molecule has 1 fully saturated rings. The Morgan fingerprint density at radius 2 is 1.81 bits per heavy atom. The average molecular weight is 567 g/mol. The normalized spacial score (nSPS) is 14.6. The molecule has 0 atom stereocenters. The molecule has 37 heavy (non-hydrogen) atoms. The average Bonchev–Trinajstić information content (AvgIpc) is 2.90. The highest BCUT2D eigenvalue weighted by molar-refractivity contribution is 9.10. The lowest BCUT2D eigenvalue weighted by molar-refractivity contribution is 0.0956. The molecule has 0 unspecified atom stereocenters. The quantitative estimate of drug-likeness (QED) is 0.269. The molecule has 1 aliphatic rings. The molecule has 0 saturated carbocycles. The first-order valence-electron chi connectivity index (χ1n) is 12.0. The van der Waals surface area contributed by atoms with Crippen LogP contribution in [-0.4, -0.2) is 47.7 Å². The molecule has 1 heterocycles. The largest absolute Gasteiger partial charge is 0.396 e. The molecule has 0 aliphatic carbocycles. The van der Waals surface area contributed by atoms with E-state index in [0.717, 1.165) is 38.0 Å². The van der Waals surface area contributed by atoms with Crippen molar-refractivity contribution in [2.24, 2.45) is 11.0 Å². The molecule has 192 valence electrons. The van der Waals surface area contributed by atoms with Gasteiger partial charge in [-0.15, -0.1) is 0 Å². The summed E-state index contributed by atoms with van der Waals surface area (Å²) in [6.07, 6.45) is 3.33. The predicted molar refractivity (Wildman–Crippen MR) is 145 cm³/mol. The van der Waals surface area contributed by atoms with Gasteiger partial charge in [0.15, 0.2) is 0 Å². The number of nitrogens with zero attached hydrogens (tertiary/aromatic N) is 2. The van der Waals surface area contributed by atoms with Crippen molar-refractivity contribution in [2.75, 3.05) is 25.0 Å². The first-order chi connectivity index (χ1) is 17.9. The van der Waals surface area contributed by atoms with Gasteiger partial charge in [0.25, 0.3) is 11.8 Å². The summed E-state index contributed by atoms with van der Waals surface area (Å²) in [7, 11) is 0. The summed E-state index contributed by atoms with van der Waals surface area (Å²) in [5.74, 6) is -0.865. The lowest BCUT2D eigenvalue weighted by Gasteiger charge is -2.31. The summed E-state index contributed by atoms with van der Waals surface area (Å²) in [6, 6.07) is 18.2. The van der Waals surface area contributed by atoms with Crippen LogP contribution in [0.1, 0.15) is 44.7 Å². The molecule has 3 aromatic carbocycles. The van der Waals surface area contributed by atoms with Crippen LogP contribution in [0.4, 0.5) is 10.1 Å². The van der Waals surface area contributed by atoms with Gasteiger partial charge in [0.1, 0.15) is 5.82 Å². The van der Waals surface area contributed by atoms with Crippen LogP contribution in [0, 0.1) is 11.7 Å². The number of anilines is 1. The van der Waals surface area contributed by atoms with Crippen LogP contribution in [-0.2, 0) is 6.54 Å². The third-order valence-electron chi connectivity index (χ3n) is 6.29. The maximum absolute atomic E-state index is 13.3. The summed E-state index contributed by atoms with van der Waals surface area (Å²) >= 11 is 3.36. The highest BCUT2D eigenvalue weighted by Crippen LogP contribution is 2.23. The number of likely N-dealkylation sites (tertiary alicyclic amines) is 1. The minimum Gasteiger partial charge on any atom is -0.396 e. The smallest absolute Gasteiger partial charge is 0.273 e. The Morgan fingerprint density at radius 3 is 2.51 bits per heavy atom. The van der Waals surface area contributed by atoms with E-state index in [-0.39, 0.29) is 18.1 Å². The van der Waals surface area contributed by atoms with E-state index in [0.29, 0.717) is 27.2 Å². The third kappa shape index (κ3) is 7.55. The Bertz CT molecular complexity index is 1270. The number of aliphatic hydroxyl groups is 1. The van der Waals surface area contributed by atoms with Gasteiger partial charge in [-0.1, -0.05) is 40.2 Å². The molecular formula is C28H28BrFN4O3. The Labute approximate surface area is 223 Å². The van der Waals surface area contributed by atoms with E-state index in [1.165, 1.54) is 18.3 Å². The Morgan fingerprint density at radius 1 is 1.05 bits per heavy atom. The number of hydrogen-bond donors (Lipinski definition) is 3. The van der Waals surface area contributed by atoms with Gasteiger partial charge in [0.05, 0.1) is 17.5 Å². The molecule has 0 bridgehead atoms. The van der Waals surface area contributed by atoms with E-state index >= 15 is 0 Å². The zero-order valence-electron chi connectivity index (χ0n) is 20.2. The van der Waals surface area contributed by atoms with Gasteiger partial charge < -0.3 is 10.4 Å². The molecule has 3 N–H and O–H groups in total. The Hall–Kier alpha value is -3.40. The number of amides is 2. The fourth-order valence-corrected chi connectivity index (χ4v) is 4.53. The molecule has 0 spiro atoms. The number of aliphatic hydroxyl groups excluding tert-OH is 1. The van der Waals surface area contributed by atoms with Gasteiger partial charge in [-0.05, 0) is 85.4 Å². The molecule has 9 heteroatoms. The van der Waals surface area contributed by atoms with E-state index < -0.39 is 11.7 Å². The Balaban J connectivity index is 1.38. The summed E-state index contributed by atoms with van der Waals surface area (Å²) in [5, 5.41) is 16.0. The fraction of sp³-hybridized carbons (Fsp3) is 0.250. The number of halogens is 2. The standard InChI is InChI=1S/C28H28BrFN4O3/c29-23-8-9-26(25(15-23)28(37)33-31-16-21-2-1-3-24(30)14-21)32-27(36)22-6-4-19(5-7-22)17-34-12-10-20(18-35)11-13-34/h1-9,14-16,20,35H,10-13,17-18H2,(H,32,36)(H,33,37)/b31-16+. The maximum atomic E-state index is 13.3. The van der Waals surface area contributed by atoms with Gasteiger partial charge in [0, 0.05) is 23.2 Å². The van der Waals surface area contributed by atoms with Crippen LogP contribution in [0.5, 0.6) is 0 Å². The van der Waals surface area contributed by atoms with Gasteiger partial charge in [0.2, 0.25) is 0 Å². The van der Waals surface area contributed by atoms with Crippen molar-refractivity contribution in [3.05, 3.63) is 99.3 Å². The first-order valence-corrected chi connectivity index (χ1v) is 12.8. The van der Waals surface area contributed by atoms with E-state index in [1.54, 1.807) is 42.5 Å². The van der Waals surface area contributed by atoms with Crippen molar-refractivity contribution in [2.45, 2.75) is 19.4 Å². The lowest BCUT2D eigenvalue weighted by atomic mass is 9.97. The molecule has 1 aliphatic heterocycles. The molecule has 7 nitrogen and oxygen atoms in total. The van der Waals surface area contributed by atoms with Crippen LogP contribution < -0.4 is 10.7 Å². The zero-order chi connectivity index (χ0) is 26.2. The highest BCUT2D eigenvalue weighted by atomic mass is 79.9.